The van der Waals surface area contributed by atoms with Crippen LogP contribution in [0.2, 0.25) is 0 Å². The molecule has 0 aliphatic heterocycles. The molecule has 2 N–H and O–H groups in total. The van der Waals surface area contributed by atoms with E-state index in [1.165, 1.54) is 0 Å². The number of rotatable bonds is 5. The standard InChI is InChI=1S/C11H16N2O2/c1-8(2)5-6-12-11(15)10-4-3-9(7-14)13-10/h3-4,7-8,13H,5-6H2,1-2H3,(H,12,15). The summed E-state index contributed by atoms with van der Waals surface area (Å²) < 4.78 is 0. The van der Waals surface area contributed by atoms with Gasteiger partial charge in [-0.2, -0.15) is 0 Å². The summed E-state index contributed by atoms with van der Waals surface area (Å²) in [5.41, 5.74) is 0.852. The third kappa shape index (κ3) is 3.58. The lowest BCUT2D eigenvalue weighted by Crippen LogP contribution is -2.25. The van der Waals surface area contributed by atoms with Crippen molar-refractivity contribution in [3.05, 3.63) is 23.5 Å². The van der Waals surface area contributed by atoms with E-state index in [9.17, 15) is 9.59 Å². The number of amides is 1. The molecule has 1 amide bonds. The van der Waals surface area contributed by atoms with Crippen LogP contribution in [-0.2, 0) is 0 Å². The highest BCUT2D eigenvalue weighted by Gasteiger charge is 2.07. The molecule has 0 saturated heterocycles. The third-order valence-corrected chi connectivity index (χ3v) is 2.09. The van der Waals surface area contributed by atoms with Crippen molar-refractivity contribution in [2.75, 3.05) is 6.54 Å². The molecule has 0 aromatic carbocycles. The lowest BCUT2D eigenvalue weighted by Gasteiger charge is -2.05. The summed E-state index contributed by atoms with van der Waals surface area (Å²) in [7, 11) is 0. The van der Waals surface area contributed by atoms with Crippen LogP contribution in [0.15, 0.2) is 12.1 Å². The Morgan fingerprint density at radius 3 is 2.80 bits per heavy atom. The van der Waals surface area contributed by atoms with Crippen molar-refractivity contribution in [1.29, 1.82) is 0 Å². The molecule has 4 nitrogen and oxygen atoms in total. The van der Waals surface area contributed by atoms with Crippen molar-refractivity contribution >= 4 is 12.2 Å². The van der Waals surface area contributed by atoms with E-state index in [0.29, 0.717) is 30.1 Å². The second-order valence-electron chi connectivity index (χ2n) is 3.88. The number of carbonyl (C=O) groups is 2. The van der Waals surface area contributed by atoms with Crippen LogP contribution in [-0.4, -0.2) is 23.7 Å². The van der Waals surface area contributed by atoms with Crippen LogP contribution in [0.1, 0.15) is 41.2 Å². The van der Waals surface area contributed by atoms with Crippen molar-refractivity contribution in [3.63, 3.8) is 0 Å². The monoisotopic (exact) mass is 208 g/mol. The molecule has 0 radical (unpaired) electrons. The fourth-order valence-corrected chi connectivity index (χ4v) is 1.18. The van der Waals surface area contributed by atoms with Crippen LogP contribution in [0.4, 0.5) is 0 Å². The molecule has 0 aliphatic rings. The largest absolute Gasteiger partial charge is 0.351 e. The van der Waals surface area contributed by atoms with Crippen molar-refractivity contribution in [1.82, 2.24) is 10.3 Å². The maximum Gasteiger partial charge on any atom is 0.267 e. The minimum atomic E-state index is -0.163. The van der Waals surface area contributed by atoms with E-state index < -0.39 is 0 Å². The molecule has 1 heterocycles. The van der Waals surface area contributed by atoms with Gasteiger partial charge in [0.25, 0.3) is 5.91 Å². The van der Waals surface area contributed by atoms with E-state index in [1.54, 1.807) is 12.1 Å². The van der Waals surface area contributed by atoms with Crippen LogP contribution >= 0.6 is 0 Å². The Labute approximate surface area is 89.1 Å². The summed E-state index contributed by atoms with van der Waals surface area (Å²) in [6.07, 6.45) is 1.64. The number of nitrogens with one attached hydrogen (secondary N) is 2. The summed E-state index contributed by atoms with van der Waals surface area (Å²) in [4.78, 5) is 24.6. The summed E-state index contributed by atoms with van der Waals surface area (Å²) in [6.45, 7) is 4.86. The molecular formula is C11H16N2O2. The van der Waals surface area contributed by atoms with E-state index in [-0.39, 0.29) is 5.91 Å². The maximum absolute atomic E-state index is 11.5. The van der Waals surface area contributed by atoms with Crippen LogP contribution < -0.4 is 5.32 Å². The minimum Gasteiger partial charge on any atom is -0.351 e. The first kappa shape index (κ1) is 11.5. The number of aromatic amines is 1. The minimum absolute atomic E-state index is 0.163. The van der Waals surface area contributed by atoms with Gasteiger partial charge in [0, 0.05) is 6.54 Å². The Balaban J connectivity index is 2.43. The molecule has 0 atom stereocenters. The number of H-pyrrole nitrogens is 1. The molecule has 82 valence electrons. The number of hydrogen-bond donors (Lipinski definition) is 2. The first-order chi connectivity index (χ1) is 7.13. The fourth-order valence-electron chi connectivity index (χ4n) is 1.18. The van der Waals surface area contributed by atoms with Crippen molar-refractivity contribution in [2.45, 2.75) is 20.3 Å². The van der Waals surface area contributed by atoms with E-state index >= 15 is 0 Å². The van der Waals surface area contributed by atoms with Gasteiger partial charge in [-0.05, 0) is 24.5 Å². The number of aldehydes is 1. The van der Waals surface area contributed by atoms with Gasteiger partial charge in [0.05, 0.1) is 5.69 Å². The predicted molar refractivity (Wildman–Crippen MR) is 58.0 cm³/mol. The summed E-state index contributed by atoms with van der Waals surface area (Å²) in [6, 6.07) is 3.19. The van der Waals surface area contributed by atoms with Gasteiger partial charge < -0.3 is 10.3 Å². The van der Waals surface area contributed by atoms with Gasteiger partial charge in [-0.1, -0.05) is 13.8 Å². The zero-order valence-corrected chi connectivity index (χ0v) is 9.04. The van der Waals surface area contributed by atoms with Gasteiger partial charge in [-0.3, -0.25) is 9.59 Å². The fraction of sp³-hybridized carbons (Fsp3) is 0.455. The molecule has 1 aromatic heterocycles. The van der Waals surface area contributed by atoms with Crippen LogP contribution in [0.25, 0.3) is 0 Å². The second kappa shape index (κ2) is 5.34. The van der Waals surface area contributed by atoms with Crippen molar-refractivity contribution in [3.8, 4) is 0 Å². The quantitative estimate of drug-likeness (QED) is 0.722. The average Bonchev–Trinajstić information content (AvgIpc) is 2.65. The molecule has 0 bridgehead atoms. The predicted octanol–water partition coefficient (Wildman–Crippen LogP) is 1.60. The van der Waals surface area contributed by atoms with Crippen molar-refractivity contribution < 1.29 is 9.59 Å². The van der Waals surface area contributed by atoms with Gasteiger partial charge in [-0.25, -0.2) is 0 Å². The number of aromatic nitrogens is 1. The summed E-state index contributed by atoms with van der Waals surface area (Å²) >= 11 is 0. The molecule has 0 aliphatic carbocycles. The summed E-state index contributed by atoms with van der Waals surface area (Å²) in [5.74, 6) is 0.406. The SMILES string of the molecule is CC(C)CCNC(=O)c1ccc(C=O)[nH]1. The Kier molecular flexibility index (Phi) is 4.09. The Morgan fingerprint density at radius 2 is 2.27 bits per heavy atom. The van der Waals surface area contributed by atoms with Gasteiger partial charge in [0.2, 0.25) is 0 Å². The van der Waals surface area contributed by atoms with Crippen LogP contribution in [0, 0.1) is 5.92 Å². The van der Waals surface area contributed by atoms with Gasteiger partial charge >= 0.3 is 0 Å². The average molecular weight is 208 g/mol. The third-order valence-electron chi connectivity index (χ3n) is 2.09. The molecule has 1 aromatic rings. The highest BCUT2D eigenvalue weighted by molar-refractivity contribution is 5.93. The van der Waals surface area contributed by atoms with Crippen LogP contribution in [0.5, 0.6) is 0 Å². The van der Waals surface area contributed by atoms with Gasteiger partial charge in [0.1, 0.15) is 5.69 Å². The normalized spacial score (nSPS) is 10.3. The molecule has 4 heteroatoms. The lowest BCUT2D eigenvalue weighted by atomic mass is 10.1. The van der Waals surface area contributed by atoms with Crippen molar-refractivity contribution in [2.24, 2.45) is 5.92 Å². The topological polar surface area (TPSA) is 62.0 Å². The molecule has 0 unspecified atom stereocenters. The molecule has 0 saturated carbocycles. The number of carbonyl (C=O) groups excluding carboxylic acids is 2. The zero-order valence-electron chi connectivity index (χ0n) is 9.04. The second-order valence-corrected chi connectivity index (χ2v) is 3.88. The Morgan fingerprint density at radius 1 is 1.53 bits per heavy atom. The first-order valence-corrected chi connectivity index (χ1v) is 5.06. The smallest absolute Gasteiger partial charge is 0.267 e. The van der Waals surface area contributed by atoms with E-state index in [4.69, 9.17) is 0 Å². The Bertz CT molecular complexity index is 342. The number of hydrogen-bond acceptors (Lipinski definition) is 2. The lowest BCUT2D eigenvalue weighted by molar-refractivity contribution is 0.0947. The first-order valence-electron chi connectivity index (χ1n) is 5.06. The van der Waals surface area contributed by atoms with Gasteiger partial charge in [0.15, 0.2) is 6.29 Å². The van der Waals surface area contributed by atoms with E-state index in [2.05, 4.69) is 24.1 Å². The Hall–Kier alpha value is -1.58. The maximum atomic E-state index is 11.5. The molecule has 1 rings (SSSR count). The highest BCUT2D eigenvalue weighted by atomic mass is 16.2. The molecular weight excluding hydrogens is 192 g/mol. The molecule has 15 heavy (non-hydrogen) atoms. The van der Waals surface area contributed by atoms with E-state index in [1.807, 2.05) is 0 Å². The molecule has 0 spiro atoms. The summed E-state index contributed by atoms with van der Waals surface area (Å²) in [5, 5.41) is 2.78. The van der Waals surface area contributed by atoms with E-state index in [0.717, 1.165) is 6.42 Å². The molecule has 0 fully saturated rings. The van der Waals surface area contributed by atoms with Crippen LogP contribution in [0.3, 0.4) is 0 Å². The highest BCUT2D eigenvalue weighted by Crippen LogP contribution is 2.00. The zero-order chi connectivity index (χ0) is 11.3. The van der Waals surface area contributed by atoms with Gasteiger partial charge in [-0.15, -0.1) is 0 Å².